The summed E-state index contributed by atoms with van der Waals surface area (Å²) >= 11 is 5.77. The standard InChI is InChI=1S/C26H20ClF3N6O/c1-2-35-14-20(18-8-10-32-24-19(18)9-11-33-24)23(34-35)15-4-3-5-16(12-15)36(25(31)37)17-6-7-22(27)21(13-17)26(28,29)30/h3-14H,2H2,1H3,(H2,31,37)(H,32,33). The van der Waals surface area contributed by atoms with Crippen molar-refractivity contribution < 1.29 is 18.0 Å². The number of primary amides is 1. The first-order chi connectivity index (χ1) is 17.7. The van der Waals surface area contributed by atoms with Crippen LogP contribution in [0.5, 0.6) is 0 Å². The van der Waals surface area contributed by atoms with Crippen LogP contribution in [0.25, 0.3) is 33.4 Å². The number of alkyl halides is 3. The van der Waals surface area contributed by atoms with Crippen molar-refractivity contribution >= 4 is 40.0 Å². The average molecular weight is 525 g/mol. The quantitative estimate of drug-likeness (QED) is 0.259. The number of nitrogens with one attached hydrogen (secondary N) is 1. The number of hydrogen-bond acceptors (Lipinski definition) is 3. The molecule has 7 nitrogen and oxygen atoms in total. The minimum absolute atomic E-state index is 0.0659. The van der Waals surface area contributed by atoms with Crippen molar-refractivity contribution in [2.75, 3.05) is 4.90 Å². The first-order valence-corrected chi connectivity index (χ1v) is 11.6. The van der Waals surface area contributed by atoms with Crippen molar-refractivity contribution in [3.8, 4) is 22.4 Å². The Labute approximate surface area is 214 Å². The van der Waals surface area contributed by atoms with Crippen molar-refractivity contribution in [1.82, 2.24) is 19.7 Å². The van der Waals surface area contributed by atoms with Crippen LogP contribution in [0.2, 0.25) is 5.02 Å². The third-order valence-electron chi connectivity index (χ3n) is 5.95. The highest BCUT2D eigenvalue weighted by molar-refractivity contribution is 6.31. The SMILES string of the molecule is CCn1cc(-c2ccnc3[nH]ccc23)c(-c2cccc(N(C(N)=O)c3ccc(Cl)c(C(F)(F)F)c3)c2)n1. The van der Waals surface area contributed by atoms with E-state index in [0.717, 1.165) is 39.2 Å². The molecule has 3 aromatic heterocycles. The Hall–Kier alpha value is -4.31. The minimum atomic E-state index is -4.70. The second-order valence-corrected chi connectivity index (χ2v) is 8.64. The van der Waals surface area contributed by atoms with Gasteiger partial charge in [0.15, 0.2) is 0 Å². The van der Waals surface area contributed by atoms with E-state index >= 15 is 0 Å². The zero-order chi connectivity index (χ0) is 26.3. The molecule has 0 aliphatic carbocycles. The maximum atomic E-state index is 13.5. The molecule has 2 aromatic carbocycles. The number of carbonyl (C=O) groups is 1. The Morgan fingerprint density at radius 1 is 1.11 bits per heavy atom. The molecule has 0 bridgehead atoms. The number of urea groups is 1. The van der Waals surface area contributed by atoms with Crippen LogP contribution >= 0.6 is 11.6 Å². The molecular formula is C26H20ClF3N6O. The number of hydrogen-bond donors (Lipinski definition) is 2. The van der Waals surface area contributed by atoms with Gasteiger partial charge >= 0.3 is 12.2 Å². The second-order valence-electron chi connectivity index (χ2n) is 8.23. The van der Waals surface area contributed by atoms with E-state index in [1.165, 1.54) is 6.07 Å². The van der Waals surface area contributed by atoms with E-state index in [4.69, 9.17) is 22.4 Å². The number of fused-ring (bicyclic) bond motifs is 1. The first kappa shape index (κ1) is 24.4. The number of aromatic amines is 1. The van der Waals surface area contributed by atoms with Gasteiger partial charge in [0, 0.05) is 41.6 Å². The maximum absolute atomic E-state index is 13.5. The van der Waals surface area contributed by atoms with Gasteiger partial charge in [-0.15, -0.1) is 0 Å². The summed E-state index contributed by atoms with van der Waals surface area (Å²) in [6, 6.07) is 12.8. The lowest BCUT2D eigenvalue weighted by atomic mass is 10.00. The number of halogens is 4. The minimum Gasteiger partial charge on any atom is -0.351 e. The number of aromatic nitrogens is 4. The molecule has 5 aromatic rings. The third-order valence-corrected chi connectivity index (χ3v) is 6.28. The fourth-order valence-corrected chi connectivity index (χ4v) is 4.48. The second kappa shape index (κ2) is 9.29. The number of anilines is 2. The molecule has 0 spiro atoms. The number of benzene rings is 2. The maximum Gasteiger partial charge on any atom is 0.417 e. The van der Waals surface area contributed by atoms with E-state index in [-0.39, 0.29) is 11.4 Å². The number of rotatable bonds is 5. The summed E-state index contributed by atoms with van der Waals surface area (Å²) in [7, 11) is 0. The lowest BCUT2D eigenvalue weighted by molar-refractivity contribution is -0.137. The van der Waals surface area contributed by atoms with Crippen LogP contribution in [0.15, 0.2) is 73.2 Å². The predicted molar refractivity (Wildman–Crippen MR) is 137 cm³/mol. The molecule has 2 amide bonds. The normalized spacial score (nSPS) is 11.7. The molecule has 5 rings (SSSR count). The fourth-order valence-electron chi connectivity index (χ4n) is 4.25. The van der Waals surface area contributed by atoms with Gasteiger partial charge in [-0.05, 0) is 55.0 Å². The Morgan fingerprint density at radius 2 is 1.89 bits per heavy atom. The summed E-state index contributed by atoms with van der Waals surface area (Å²) < 4.78 is 42.2. The smallest absolute Gasteiger partial charge is 0.351 e. The highest BCUT2D eigenvalue weighted by atomic mass is 35.5. The summed E-state index contributed by atoms with van der Waals surface area (Å²) in [6.07, 6.45) is 0.724. The van der Waals surface area contributed by atoms with Gasteiger partial charge in [0.05, 0.1) is 22.0 Å². The summed E-state index contributed by atoms with van der Waals surface area (Å²) in [4.78, 5) is 20.9. The molecule has 0 saturated carbocycles. The van der Waals surface area contributed by atoms with Gasteiger partial charge in [0.1, 0.15) is 11.3 Å². The van der Waals surface area contributed by atoms with Gasteiger partial charge in [-0.1, -0.05) is 23.7 Å². The van der Waals surface area contributed by atoms with E-state index in [0.29, 0.717) is 17.8 Å². The molecule has 37 heavy (non-hydrogen) atoms. The largest absolute Gasteiger partial charge is 0.417 e. The molecule has 0 radical (unpaired) electrons. The summed E-state index contributed by atoms with van der Waals surface area (Å²) in [5.41, 5.74) is 8.53. The summed E-state index contributed by atoms with van der Waals surface area (Å²) in [6.45, 7) is 2.58. The lowest BCUT2D eigenvalue weighted by Gasteiger charge is -2.23. The van der Waals surface area contributed by atoms with Crippen LogP contribution < -0.4 is 10.6 Å². The number of amides is 2. The monoisotopic (exact) mass is 524 g/mol. The molecule has 0 unspecified atom stereocenters. The summed E-state index contributed by atoms with van der Waals surface area (Å²) in [5, 5.41) is 5.17. The van der Waals surface area contributed by atoms with E-state index in [1.54, 1.807) is 35.3 Å². The van der Waals surface area contributed by atoms with Crippen molar-refractivity contribution in [2.45, 2.75) is 19.6 Å². The number of pyridine rings is 1. The van der Waals surface area contributed by atoms with Crippen molar-refractivity contribution in [1.29, 1.82) is 0 Å². The molecule has 0 atom stereocenters. The topological polar surface area (TPSA) is 92.8 Å². The van der Waals surface area contributed by atoms with E-state index in [1.807, 2.05) is 31.3 Å². The Balaban J connectivity index is 1.64. The molecule has 0 aliphatic heterocycles. The highest BCUT2D eigenvalue weighted by Crippen LogP contribution is 2.40. The molecule has 3 heterocycles. The Bertz CT molecular complexity index is 1620. The van der Waals surface area contributed by atoms with Gasteiger partial charge in [0.25, 0.3) is 0 Å². The third kappa shape index (κ3) is 4.51. The molecule has 188 valence electrons. The molecule has 3 N–H and O–H groups in total. The first-order valence-electron chi connectivity index (χ1n) is 11.2. The van der Waals surface area contributed by atoms with E-state index < -0.39 is 22.8 Å². The van der Waals surface area contributed by atoms with Gasteiger partial charge in [-0.2, -0.15) is 18.3 Å². The number of aryl methyl sites for hydroxylation is 1. The van der Waals surface area contributed by atoms with Crippen LogP contribution in [0, 0.1) is 0 Å². The highest BCUT2D eigenvalue weighted by Gasteiger charge is 2.34. The average Bonchev–Trinajstić information content (AvgIpc) is 3.51. The Morgan fingerprint density at radius 3 is 2.62 bits per heavy atom. The molecular weight excluding hydrogens is 505 g/mol. The van der Waals surface area contributed by atoms with Crippen LogP contribution in [-0.4, -0.2) is 25.8 Å². The predicted octanol–water partition coefficient (Wildman–Crippen LogP) is 7.00. The van der Waals surface area contributed by atoms with Gasteiger partial charge in [0.2, 0.25) is 0 Å². The lowest BCUT2D eigenvalue weighted by Crippen LogP contribution is -2.31. The van der Waals surface area contributed by atoms with E-state index in [9.17, 15) is 18.0 Å². The zero-order valence-corrected chi connectivity index (χ0v) is 20.2. The number of nitrogens with zero attached hydrogens (tertiary/aromatic N) is 4. The van der Waals surface area contributed by atoms with Gasteiger partial charge in [-0.25, -0.2) is 9.78 Å². The molecule has 11 heteroatoms. The van der Waals surface area contributed by atoms with Crippen LogP contribution in [0.1, 0.15) is 12.5 Å². The fraction of sp³-hybridized carbons (Fsp3) is 0.115. The van der Waals surface area contributed by atoms with Gasteiger partial charge in [-0.3, -0.25) is 9.58 Å². The Kier molecular flexibility index (Phi) is 6.12. The number of nitrogens with two attached hydrogens (primary N) is 1. The van der Waals surface area contributed by atoms with Crippen LogP contribution in [0.3, 0.4) is 0 Å². The van der Waals surface area contributed by atoms with Crippen molar-refractivity contribution in [3.05, 3.63) is 83.8 Å². The zero-order valence-electron chi connectivity index (χ0n) is 19.4. The molecule has 0 fully saturated rings. The molecule has 0 aliphatic rings. The number of carbonyl (C=O) groups excluding carboxylic acids is 1. The summed E-state index contributed by atoms with van der Waals surface area (Å²) in [5.74, 6) is 0. The van der Waals surface area contributed by atoms with Gasteiger partial charge < -0.3 is 10.7 Å². The molecule has 0 saturated heterocycles. The van der Waals surface area contributed by atoms with Crippen molar-refractivity contribution in [3.63, 3.8) is 0 Å². The van der Waals surface area contributed by atoms with Crippen LogP contribution in [-0.2, 0) is 12.7 Å². The van der Waals surface area contributed by atoms with Crippen LogP contribution in [0.4, 0.5) is 29.3 Å². The number of H-pyrrole nitrogens is 1. The van der Waals surface area contributed by atoms with Crippen molar-refractivity contribution in [2.24, 2.45) is 5.73 Å². The van der Waals surface area contributed by atoms with E-state index in [2.05, 4.69) is 9.97 Å².